The van der Waals surface area contributed by atoms with Gasteiger partial charge in [-0.15, -0.1) is 0 Å². The quantitative estimate of drug-likeness (QED) is 0.391. The van der Waals surface area contributed by atoms with Gasteiger partial charge < -0.3 is 14.4 Å². The second-order valence-corrected chi connectivity index (χ2v) is 9.06. The van der Waals surface area contributed by atoms with Crippen molar-refractivity contribution in [1.82, 2.24) is 14.6 Å². The standard InChI is InChI=1S/C30H26N4O4/c35-25-15-18-33-28(29(25)38-20-22-10-2-1-3-11-22)30(36)32-17-8-9-19-37-26-14-5-4-12-23(26)27(34(33)21-32)24-13-6-7-16-31-24/h1-16,18,27H,17,19-21H2/b9-8-. The fourth-order valence-electron chi connectivity index (χ4n) is 4.85. The van der Waals surface area contributed by atoms with Crippen LogP contribution in [0.1, 0.15) is 33.4 Å². The minimum atomic E-state index is -0.413. The second kappa shape index (κ2) is 10.3. The molecule has 0 aliphatic carbocycles. The summed E-state index contributed by atoms with van der Waals surface area (Å²) in [5, 5.41) is 2.02. The average molecular weight is 507 g/mol. The number of benzene rings is 2. The summed E-state index contributed by atoms with van der Waals surface area (Å²) in [5.74, 6) is 0.473. The number of nitrogens with zero attached hydrogens (tertiary/aromatic N) is 4. The van der Waals surface area contributed by atoms with Gasteiger partial charge in [0.15, 0.2) is 11.4 Å². The molecule has 6 rings (SSSR count). The van der Waals surface area contributed by atoms with Crippen molar-refractivity contribution in [2.75, 3.05) is 24.8 Å². The molecule has 0 spiro atoms. The Bertz CT molecular complexity index is 1540. The Balaban J connectivity index is 1.54. The maximum absolute atomic E-state index is 13.8. The summed E-state index contributed by atoms with van der Waals surface area (Å²) in [6.07, 6.45) is 7.19. The van der Waals surface area contributed by atoms with Gasteiger partial charge in [0.05, 0.1) is 5.69 Å². The topological polar surface area (TPSA) is 76.9 Å². The largest absolute Gasteiger partial charge is 0.489 e. The smallest absolute Gasteiger partial charge is 0.278 e. The van der Waals surface area contributed by atoms with Gasteiger partial charge in [-0.25, -0.2) is 0 Å². The lowest BCUT2D eigenvalue weighted by molar-refractivity contribution is 0.0698. The Morgan fingerprint density at radius 2 is 1.74 bits per heavy atom. The summed E-state index contributed by atoms with van der Waals surface area (Å²) < 4.78 is 13.9. The molecule has 1 amide bonds. The molecule has 1 atom stereocenters. The summed E-state index contributed by atoms with van der Waals surface area (Å²) in [6, 6.07) is 24.2. The number of carbonyl (C=O) groups excluding carboxylic acids is 1. The first-order valence-electron chi connectivity index (χ1n) is 12.5. The molecule has 8 nitrogen and oxygen atoms in total. The fraction of sp³-hybridized carbons (Fsp3) is 0.167. The highest BCUT2D eigenvalue weighted by Gasteiger charge is 2.38. The van der Waals surface area contributed by atoms with Crippen LogP contribution in [0.15, 0.2) is 108 Å². The highest BCUT2D eigenvalue weighted by atomic mass is 16.5. The zero-order valence-corrected chi connectivity index (χ0v) is 20.6. The number of para-hydroxylation sites is 1. The van der Waals surface area contributed by atoms with Crippen molar-refractivity contribution in [2.45, 2.75) is 12.6 Å². The molecule has 2 aliphatic rings. The van der Waals surface area contributed by atoms with E-state index in [4.69, 9.17) is 9.47 Å². The van der Waals surface area contributed by atoms with Crippen LogP contribution in [0.3, 0.4) is 0 Å². The summed E-state index contributed by atoms with van der Waals surface area (Å²) in [7, 11) is 0. The number of fused-ring (bicyclic) bond motifs is 5. The van der Waals surface area contributed by atoms with Gasteiger partial charge in [0.1, 0.15) is 31.7 Å². The van der Waals surface area contributed by atoms with E-state index in [-0.39, 0.29) is 36.1 Å². The third kappa shape index (κ3) is 4.41. The molecule has 8 heteroatoms. The van der Waals surface area contributed by atoms with Crippen molar-refractivity contribution in [3.8, 4) is 11.5 Å². The minimum absolute atomic E-state index is 0.0270. The molecule has 2 aromatic heterocycles. The molecule has 2 aliphatic heterocycles. The minimum Gasteiger partial charge on any atom is -0.489 e. The van der Waals surface area contributed by atoms with E-state index in [0.717, 1.165) is 22.6 Å². The first-order valence-corrected chi connectivity index (χ1v) is 12.5. The molecular formula is C30H26N4O4. The number of aromatic nitrogens is 2. The first-order chi connectivity index (χ1) is 18.7. The average Bonchev–Trinajstić information content (AvgIpc) is 2.99. The van der Waals surface area contributed by atoms with Crippen LogP contribution in [0, 0.1) is 0 Å². The summed E-state index contributed by atoms with van der Waals surface area (Å²) in [4.78, 5) is 33.3. The molecule has 2 aromatic carbocycles. The molecule has 2 bridgehead atoms. The van der Waals surface area contributed by atoms with Crippen LogP contribution in [0.2, 0.25) is 0 Å². The number of amides is 1. The first kappa shape index (κ1) is 23.5. The van der Waals surface area contributed by atoms with Crippen molar-refractivity contribution >= 4 is 5.91 Å². The van der Waals surface area contributed by atoms with Gasteiger partial charge in [-0.3, -0.25) is 24.3 Å². The molecule has 4 heterocycles. The highest BCUT2D eigenvalue weighted by Crippen LogP contribution is 2.36. The van der Waals surface area contributed by atoms with Crippen LogP contribution in [-0.2, 0) is 6.61 Å². The van der Waals surface area contributed by atoms with Crippen LogP contribution in [-0.4, -0.2) is 40.3 Å². The lowest BCUT2D eigenvalue weighted by atomic mass is 10.0. The molecule has 190 valence electrons. The van der Waals surface area contributed by atoms with E-state index in [1.54, 1.807) is 22.0 Å². The molecule has 0 saturated carbocycles. The number of rotatable bonds is 4. The Hall–Kier alpha value is -4.85. The van der Waals surface area contributed by atoms with Crippen molar-refractivity contribution in [3.05, 3.63) is 136 Å². The summed E-state index contributed by atoms with van der Waals surface area (Å²) in [5.41, 5.74) is 2.42. The molecule has 0 fully saturated rings. The Labute approximate surface area is 220 Å². The van der Waals surface area contributed by atoms with E-state index in [0.29, 0.717) is 13.2 Å². The molecule has 1 unspecified atom stereocenters. The normalized spacial score (nSPS) is 17.5. The molecule has 0 saturated heterocycles. The van der Waals surface area contributed by atoms with Gasteiger partial charge in [0.25, 0.3) is 5.91 Å². The van der Waals surface area contributed by atoms with Gasteiger partial charge >= 0.3 is 0 Å². The molecule has 0 N–H and O–H groups in total. The van der Waals surface area contributed by atoms with E-state index < -0.39 is 6.04 Å². The van der Waals surface area contributed by atoms with Crippen LogP contribution < -0.4 is 19.9 Å². The monoisotopic (exact) mass is 506 g/mol. The molecule has 38 heavy (non-hydrogen) atoms. The van der Waals surface area contributed by atoms with Crippen LogP contribution >= 0.6 is 0 Å². The number of pyridine rings is 2. The van der Waals surface area contributed by atoms with Crippen molar-refractivity contribution in [3.63, 3.8) is 0 Å². The van der Waals surface area contributed by atoms with E-state index in [9.17, 15) is 9.59 Å². The molecular weight excluding hydrogens is 480 g/mol. The fourth-order valence-corrected chi connectivity index (χ4v) is 4.85. The van der Waals surface area contributed by atoms with Crippen molar-refractivity contribution < 1.29 is 14.3 Å². The van der Waals surface area contributed by atoms with E-state index >= 15 is 0 Å². The highest BCUT2D eigenvalue weighted by molar-refractivity contribution is 5.96. The third-order valence-corrected chi connectivity index (χ3v) is 6.65. The third-order valence-electron chi connectivity index (χ3n) is 6.65. The van der Waals surface area contributed by atoms with Crippen molar-refractivity contribution in [1.29, 1.82) is 0 Å². The summed E-state index contributed by atoms with van der Waals surface area (Å²) >= 11 is 0. The van der Waals surface area contributed by atoms with Gasteiger partial charge in [-0.2, -0.15) is 0 Å². The predicted octanol–water partition coefficient (Wildman–Crippen LogP) is 3.91. The maximum Gasteiger partial charge on any atom is 0.278 e. The van der Waals surface area contributed by atoms with E-state index in [2.05, 4.69) is 4.98 Å². The predicted molar refractivity (Wildman–Crippen MR) is 143 cm³/mol. The van der Waals surface area contributed by atoms with Crippen LogP contribution in [0.5, 0.6) is 11.5 Å². The van der Waals surface area contributed by atoms with Crippen LogP contribution in [0.4, 0.5) is 0 Å². The maximum atomic E-state index is 13.8. The van der Waals surface area contributed by atoms with E-state index in [1.807, 2.05) is 90.0 Å². The lowest BCUT2D eigenvalue weighted by Crippen LogP contribution is -2.55. The number of ether oxygens (including phenoxy) is 2. The van der Waals surface area contributed by atoms with E-state index in [1.165, 1.54) is 6.07 Å². The number of hydrogen-bond acceptors (Lipinski definition) is 6. The van der Waals surface area contributed by atoms with Crippen molar-refractivity contribution in [2.24, 2.45) is 0 Å². The number of carbonyl (C=O) groups is 1. The lowest BCUT2D eigenvalue weighted by Gasteiger charge is -2.43. The van der Waals surface area contributed by atoms with Gasteiger partial charge in [0.2, 0.25) is 5.43 Å². The van der Waals surface area contributed by atoms with Crippen LogP contribution in [0.25, 0.3) is 0 Å². The zero-order chi connectivity index (χ0) is 25.9. The van der Waals surface area contributed by atoms with Gasteiger partial charge in [-0.1, -0.05) is 60.7 Å². The second-order valence-electron chi connectivity index (χ2n) is 9.06. The molecule has 0 radical (unpaired) electrons. The summed E-state index contributed by atoms with van der Waals surface area (Å²) in [6.45, 7) is 1.16. The Kier molecular flexibility index (Phi) is 6.35. The van der Waals surface area contributed by atoms with Gasteiger partial charge in [0, 0.05) is 30.6 Å². The zero-order valence-electron chi connectivity index (χ0n) is 20.6. The Morgan fingerprint density at radius 1 is 0.921 bits per heavy atom. The van der Waals surface area contributed by atoms with Gasteiger partial charge in [-0.05, 0) is 29.8 Å². The SMILES string of the molecule is O=C1c2c(OCc3ccccc3)c(=O)ccn2N2CN1C/C=C\COc1ccccc1C2c1ccccn1. The molecule has 4 aromatic rings. The number of hydrogen-bond donors (Lipinski definition) is 0. The Morgan fingerprint density at radius 3 is 2.58 bits per heavy atom.